The van der Waals surface area contributed by atoms with Crippen LogP contribution in [0.5, 0.6) is 0 Å². The van der Waals surface area contributed by atoms with E-state index in [1.165, 1.54) is 5.56 Å². The molecule has 0 aliphatic carbocycles. The molecule has 2 N–H and O–H groups in total. The second-order valence-corrected chi connectivity index (χ2v) is 4.65. The van der Waals surface area contributed by atoms with Gasteiger partial charge in [-0.2, -0.15) is 0 Å². The number of benzene rings is 1. The van der Waals surface area contributed by atoms with Crippen LogP contribution in [-0.2, 0) is 6.42 Å². The molecule has 0 aliphatic heterocycles. The molecule has 2 rings (SSSR count). The van der Waals surface area contributed by atoms with E-state index in [1.54, 1.807) is 0 Å². The Balaban J connectivity index is 2.10. The first-order valence-corrected chi connectivity index (χ1v) is 6.06. The summed E-state index contributed by atoms with van der Waals surface area (Å²) in [5, 5.41) is 0. The average Bonchev–Trinajstić information content (AvgIpc) is 2.76. The number of rotatable bonds is 4. The minimum absolute atomic E-state index is 0.225. The molecular formula is C15H19NO. The van der Waals surface area contributed by atoms with Gasteiger partial charge < -0.3 is 10.2 Å². The van der Waals surface area contributed by atoms with E-state index >= 15 is 0 Å². The standard InChI is InChI=1S/C15H19NO/c1-11-3-6-13(7-4-11)15-10-9-14(17-15)8-5-12(2)16/h3-4,6-7,9-10,12H,5,8,16H2,1-2H3/t12-/m0/s1. The Morgan fingerprint density at radius 3 is 2.47 bits per heavy atom. The van der Waals surface area contributed by atoms with Gasteiger partial charge in [0, 0.05) is 18.0 Å². The Hall–Kier alpha value is -1.54. The van der Waals surface area contributed by atoms with Crippen molar-refractivity contribution in [3.63, 3.8) is 0 Å². The van der Waals surface area contributed by atoms with Crippen molar-refractivity contribution in [3.05, 3.63) is 47.7 Å². The smallest absolute Gasteiger partial charge is 0.134 e. The number of hydrogen-bond acceptors (Lipinski definition) is 2. The molecule has 0 unspecified atom stereocenters. The summed E-state index contributed by atoms with van der Waals surface area (Å²) in [5.41, 5.74) is 8.12. The van der Waals surface area contributed by atoms with Crippen LogP contribution in [0, 0.1) is 6.92 Å². The topological polar surface area (TPSA) is 39.2 Å². The molecule has 1 atom stereocenters. The first-order valence-electron chi connectivity index (χ1n) is 6.06. The fourth-order valence-corrected chi connectivity index (χ4v) is 1.76. The molecule has 0 amide bonds. The monoisotopic (exact) mass is 229 g/mol. The van der Waals surface area contributed by atoms with Gasteiger partial charge in [-0.1, -0.05) is 29.8 Å². The molecule has 2 aromatic rings. The minimum Gasteiger partial charge on any atom is -0.461 e. The molecule has 2 heteroatoms. The quantitative estimate of drug-likeness (QED) is 0.871. The fourth-order valence-electron chi connectivity index (χ4n) is 1.76. The summed E-state index contributed by atoms with van der Waals surface area (Å²) >= 11 is 0. The van der Waals surface area contributed by atoms with Crippen molar-refractivity contribution >= 4 is 0 Å². The third-order valence-electron chi connectivity index (χ3n) is 2.84. The van der Waals surface area contributed by atoms with E-state index in [0.29, 0.717) is 0 Å². The highest BCUT2D eigenvalue weighted by atomic mass is 16.3. The molecule has 0 fully saturated rings. The lowest BCUT2D eigenvalue weighted by molar-refractivity contribution is 0.501. The summed E-state index contributed by atoms with van der Waals surface area (Å²) in [4.78, 5) is 0. The van der Waals surface area contributed by atoms with Crippen LogP contribution < -0.4 is 5.73 Å². The number of furan rings is 1. The van der Waals surface area contributed by atoms with E-state index in [0.717, 1.165) is 29.9 Å². The fraction of sp³-hybridized carbons (Fsp3) is 0.333. The van der Waals surface area contributed by atoms with Crippen LogP contribution in [0.25, 0.3) is 11.3 Å². The van der Waals surface area contributed by atoms with Crippen LogP contribution in [0.3, 0.4) is 0 Å². The van der Waals surface area contributed by atoms with Crippen LogP contribution in [0.15, 0.2) is 40.8 Å². The van der Waals surface area contributed by atoms with Crippen LogP contribution in [-0.4, -0.2) is 6.04 Å². The lowest BCUT2D eigenvalue weighted by atomic mass is 10.1. The molecule has 0 aliphatic rings. The lowest BCUT2D eigenvalue weighted by Gasteiger charge is -2.02. The molecule has 1 aromatic carbocycles. The molecule has 0 spiro atoms. The highest BCUT2D eigenvalue weighted by molar-refractivity contribution is 5.57. The largest absolute Gasteiger partial charge is 0.461 e. The van der Waals surface area contributed by atoms with E-state index in [1.807, 2.05) is 19.1 Å². The van der Waals surface area contributed by atoms with Crippen LogP contribution in [0.1, 0.15) is 24.7 Å². The predicted molar refractivity (Wildman–Crippen MR) is 70.9 cm³/mol. The number of nitrogens with two attached hydrogens (primary N) is 1. The Labute approximate surface area is 102 Å². The van der Waals surface area contributed by atoms with Crippen LogP contribution in [0.4, 0.5) is 0 Å². The molecule has 1 heterocycles. The second-order valence-electron chi connectivity index (χ2n) is 4.65. The number of aryl methyl sites for hydroxylation is 2. The Bertz CT molecular complexity index is 468. The van der Waals surface area contributed by atoms with Crippen molar-refractivity contribution in [2.75, 3.05) is 0 Å². The summed E-state index contributed by atoms with van der Waals surface area (Å²) in [5.74, 6) is 1.95. The van der Waals surface area contributed by atoms with E-state index in [4.69, 9.17) is 10.2 Å². The van der Waals surface area contributed by atoms with E-state index < -0.39 is 0 Å². The van der Waals surface area contributed by atoms with Gasteiger partial charge in [0.05, 0.1) is 0 Å². The third kappa shape index (κ3) is 3.21. The van der Waals surface area contributed by atoms with Crippen molar-refractivity contribution < 1.29 is 4.42 Å². The maximum absolute atomic E-state index is 5.80. The maximum Gasteiger partial charge on any atom is 0.134 e. The lowest BCUT2D eigenvalue weighted by Crippen LogP contribution is -2.15. The van der Waals surface area contributed by atoms with Gasteiger partial charge >= 0.3 is 0 Å². The first kappa shape index (κ1) is 11.9. The van der Waals surface area contributed by atoms with Gasteiger partial charge in [-0.15, -0.1) is 0 Å². The summed E-state index contributed by atoms with van der Waals surface area (Å²) in [6, 6.07) is 12.7. The third-order valence-corrected chi connectivity index (χ3v) is 2.84. The summed E-state index contributed by atoms with van der Waals surface area (Å²) in [7, 11) is 0. The molecule has 0 saturated heterocycles. The second kappa shape index (κ2) is 5.19. The highest BCUT2D eigenvalue weighted by Gasteiger charge is 2.05. The molecule has 0 bridgehead atoms. The molecule has 0 radical (unpaired) electrons. The Morgan fingerprint density at radius 2 is 1.82 bits per heavy atom. The Morgan fingerprint density at radius 1 is 1.12 bits per heavy atom. The molecule has 90 valence electrons. The zero-order valence-corrected chi connectivity index (χ0v) is 10.4. The highest BCUT2D eigenvalue weighted by Crippen LogP contribution is 2.23. The van der Waals surface area contributed by atoms with Gasteiger partial charge in [0.1, 0.15) is 11.5 Å². The summed E-state index contributed by atoms with van der Waals surface area (Å²) in [6.45, 7) is 4.10. The van der Waals surface area contributed by atoms with Crippen molar-refractivity contribution in [1.82, 2.24) is 0 Å². The number of hydrogen-bond donors (Lipinski definition) is 1. The molecule has 2 nitrogen and oxygen atoms in total. The Kier molecular flexibility index (Phi) is 3.64. The van der Waals surface area contributed by atoms with Gasteiger partial charge in [0.15, 0.2) is 0 Å². The van der Waals surface area contributed by atoms with Crippen molar-refractivity contribution in [2.24, 2.45) is 5.73 Å². The van der Waals surface area contributed by atoms with Crippen molar-refractivity contribution in [1.29, 1.82) is 0 Å². The minimum atomic E-state index is 0.225. The molecule has 17 heavy (non-hydrogen) atoms. The molecule has 1 aromatic heterocycles. The van der Waals surface area contributed by atoms with Crippen molar-refractivity contribution in [2.45, 2.75) is 32.7 Å². The summed E-state index contributed by atoms with van der Waals surface area (Å²) < 4.78 is 5.80. The predicted octanol–water partition coefficient (Wildman–Crippen LogP) is 3.53. The first-order chi connectivity index (χ1) is 8.15. The zero-order chi connectivity index (χ0) is 12.3. The van der Waals surface area contributed by atoms with Gasteiger partial charge in [-0.05, 0) is 32.4 Å². The van der Waals surface area contributed by atoms with Gasteiger partial charge in [-0.25, -0.2) is 0 Å². The van der Waals surface area contributed by atoms with E-state index in [2.05, 4.69) is 31.2 Å². The molecular weight excluding hydrogens is 210 g/mol. The van der Waals surface area contributed by atoms with E-state index in [9.17, 15) is 0 Å². The molecule has 0 saturated carbocycles. The van der Waals surface area contributed by atoms with Gasteiger partial charge in [0.25, 0.3) is 0 Å². The average molecular weight is 229 g/mol. The zero-order valence-electron chi connectivity index (χ0n) is 10.4. The van der Waals surface area contributed by atoms with Gasteiger partial charge in [-0.3, -0.25) is 0 Å². The maximum atomic E-state index is 5.80. The SMILES string of the molecule is Cc1ccc(-c2ccc(CC[C@H](C)N)o2)cc1. The summed E-state index contributed by atoms with van der Waals surface area (Å²) in [6.07, 6.45) is 1.87. The van der Waals surface area contributed by atoms with Gasteiger partial charge in [0.2, 0.25) is 0 Å². The van der Waals surface area contributed by atoms with Crippen LogP contribution in [0.2, 0.25) is 0 Å². The normalized spacial score (nSPS) is 12.6. The van der Waals surface area contributed by atoms with E-state index in [-0.39, 0.29) is 6.04 Å². The van der Waals surface area contributed by atoms with Crippen LogP contribution >= 0.6 is 0 Å². The van der Waals surface area contributed by atoms with Crippen molar-refractivity contribution in [3.8, 4) is 11.3 Å².